The Balaban J connectivity index is 1.55. The van der Waals surface area contributed by atoms with Crippen molar-refractivity contribution < 1.29 is 14.3 Å². The van der Waals surface area contributed by atoms with E-state index < -0.39 is 0 Å². The lowest BCUT2D eigenvalue weighted by Gasteiger charge is -2.26. The molecule has 0 spiro atoms. The van der Waals surface area contributed by atoms with Crippen molar-refractivity contribution in [2.75, 3.05) is 13.1 Å². The van der Waals surface area contributed by atoms with Gasteiger partial charge < -0.3 is 10.1 Å². The summed E-state index contributed by atoms with van der Waals surface area (Å²) in [6.45, 7) is 4.08. The Morgan fingerprint density at radius 3 is 2.78 bits per heavy atom. The average Bonchev–Trinajstić information content (AvgIpc) is 3.34. The third-order valence-corrected chi connectivity index (χ3v) is 7.20. The molecule has 1 atom stereocenters. The molecule has 2 amide bonds. The molecule has 9 heteroatoms. The van der Waals surface area contributed by atoms with Gasteiger partial charge in [-0.15, -0.1) is 11.3 Å². The second-order valence-electron chi connectivity index (χ2n) is 8.21. The molecule has 166 valence electrons. The van der Waals surface area contributed by atoms with Crippen LogP contribution in [0.25, 0.3) is 21.5 Å². The number of ether oxygens (including phenoxy) is 1. The van der Waals surface area contributed by atoms with Crippen LogP contribution < -0.4 is 10.1 Å². The van der Waals surface area contributed by atoms with Gasteiger partial charge in [-0.05, 0) is 50.1 Å². The lowest BCUT2D eigenvalue weighted by atomic mass is 10.0. The first-order valence-electron chi connectivity index (χ1n) is 10.7. The number of aryl methyl sites for hydroxylation is 1. The Morgan fingerprint density at radius 2 is 2.03 bits per heavy atom. The van der Waals surface area contributed by atoms with Crippen LogP contribution in [0.1, 0.15) is 36.1 Å². The summed E-state index contributed by atoms with van der Waals surface area (Å²) in [4.78, 5) is 35.3. The van der Waals surface area contributed by atoms with Crippen LogP contribution in [-0.4, -0.2) is 45.9 Å². The molecule has 3 aromatic rings. The van der Waals surface area contributed by atoms with Gasteiger partial charge in [0.2, 0.25) is 11.8 Å². The van der Waals surface area contributed by atoms with Gasteiger partial charge in [0, 0.05) is 34.8 Å². The van der Waals surface area contributed by atoms with Crippen LogP contribution in [-0.2, 0) is 16.1 Å². The van der Waals surface area contributed by atoms with Crippen molar-refractivity contribution in [3.63, 3.8) is 0 Å². The lowest BCUT2D eigenvalue weighted by Crippen LogP contribution is -2.37. The number of carbonyl (C=O) groups excluding carboxylic acids is 2. The number of benzene rings is 1. The van der Waals surface area contributed by atoms with Crippen LogP contribution in [0.3, 0.4) is 0 Å². The van der Waals surface area contributed by atoms with Crippen LogP contribution in [0, 0.1) is 6.92 Å². The van der Waals surface area contributed by atoms with Gasteiger partial charge in [-0.25, -0.2) is 9.97 Å². The molecule has 5 rings (SSSR count). The number of aromatic nitrogens is 2. The van der Waals surface area contributed by atoms with Crippen molar-refractivity contribution in [3.05, 3.63) is 40.0 Å². The molecule has 1 N–H and O–H groups in total. The lowest BCUT2D eigenvalue weighted by molar-refractivity contribution is -0.138. The summed E-state index contributed by atoms with van der Waals surface area (Å²) in [5.41, 5.74) is 3.30. The number of hydrogen-bond donors (Lipinski definition) is 1. The van der Waals surface area contributed by atoms with Gasteiger partial charge in [-0.3, -0.25) is 14.5 Å². The van der Waals surface area contributed by atoms with E-state index in [-0.39, 0.29) is 37.3 Å². The highest BCUT2D eigenvalue weighted by Gasteiger charge is 2.29. The zero-order valence-corrected chi connectivity index (χ0v) is 19.3. The van der Waals surface area contributed by atoms with Crippen LogP contribution in [0.2, 0.25) is 5.02 Å². The third-order valence-electron chi connectivity index (χ3n) is 5.86. The van der Waals surface area contributed by atoms with Crippen molar-refractivity contribution in [2.45, 2.75) is 45.3 Å². The number of fused-ring (bicyclic) bond motifs is 1. The Morgan fingerprint density at radius 1 is 1.22 bits per heavy atom. The first-order valence-corrected chi connectivity index (χ1v) is 11.9. The minimum absolute atomic E-state index is 0.0887. The quantitative estimate of drug-likeness (QED) is 0.565. The van der Waals surface area contributed by atoms with Crippen molar-refractivity contribution in [1.82, 2.24) is 20.2 Å². The third kappa shape index (κ3) is 4.10. The molecule has 0 radical (unpaired) electrons. The number of halogens is 1. The Kier molecular flexibility index (Phi) is 5.84. The van der Waals surface area contributed by atoms with Crippen LogP contribution in [0.15, 0.2) is 24.5 Å². The van der Waals surface area contributed by atoms with Gasteiger partial charge in [0.25, 0.3) is 0 Å². The number of carbonyl (C=O) groups is 2. The van der Waals surface area contributed by atoms with Gasteiger partial charge in [0.15, 0.2) is 0 Å². The average molecular weight is 471 g/mol. The molecule has 2 aromatic heterocycles. The fraction of sp³-hybridized carbons (Fsp3) is 0.391. The molecular formula is C23H23ClN4O3S. The number of nitrogens with one attached hydrogen (secondary N) is 1. The summed E-state index contributed by atoms with van der Waals surface area (Å²) >= 11 is 7.92. The smallest absolute Gasteiger partial charge is 0.230 e. The van der Waals surface area contributed by atoms with Gasteiger partial charge in [-0.2, -0.15) is 0 Å². The molecule has 2 aliphatic heterocycles. The first kappa shape index (κ1) is 21.3. The molecule has 1 unspecified atom stereocenters. The number of imide groups is 1. The number of nitrogens with zero attached hydrogens (tertiary/aromatic N) is 3. The maximum absolute atomic E-state index is 12.0. The molecule has 32 heavy (non-hydrogen) atoms. The van der Waals surface area contributed by atoms with E-state index >= 15 is 0 Å². The van der Waals surface area contributed by atoms with Crippen LogP contribution in [0.5, 0.6) is 5.75 Å². The van der Waals surface area contributed by atoms with Crippen molar-refractivity contribution >= 4 is 45.0 Å². The maximum atomic E-state index is 12.0. The highest BCUT2D eigenvalue weighted by Crippen LogP contribution is 2.41. The van der Waals surface area contributed by atoms with Crippen molar-refractivity contribution in [1.29, 1.82) is 0 Å². The number of hydrogen-bond acceptors (Lipinski definition) is 7. The van der Waals surface area contributed by atoms with Crippen LogP contribution in [0.4, 0.5) is 0 Å². The first-order chi connectivity index (χ1) is 15.5. The predicted octanol–water partition coefficient (Wildman–Crippen LogP) is 4.10. The molecular weight excluding hydrogens is 448 g/mol. The van der Waals surface area contributed by atoms with E-state index in [9.17, 15) is 9.59 Å². The summed E-state index contributed by atoms with van der Waals surface area (Å²) in [5.74, 6) is 0.532. The van der Waals surface area contributed by atoms with Crippen molar-refractivity contribution in [3.8, 4) is 17.0 Å². The molecule has 0 bridgehead atoms. The summed E-state index contributed by atoms with van der Waals surface area (Å²) < 4.78 is 7.33. The molecule has 4 heterocycles. The summed E-state index contributed by atoms with van der Waals surface area (Å²) in [7, 11) is 0. The Bertz CT molecular complexity index is 1190. The number of likely N-dealkylation sites (tertiary alicyclic amines) is 1. The monoisotopic (exact) mass is 470 g/mol. The fourth-order valence-electron chi connectivity index (χ4n) is 4.28. The van der Waals surface area contributed by atoms with Gasteiger partial charge in [0.05, 0.1) is 22.5 Å². The second-order valence-corrected chi connectivity index (χ2v) is 9.78. The van der Waals surface area contributed by atoms with E-state index in [1.165, 1.54) is 22.6 Å². The number of amides is 2. The second kappa shape index (κ2) is 8.77. The molecule has 0 aliphatic carbocycles. The minimum Gasteiger partial charge on any atom is -0.488 e. The molecule has 7 nitrogen and oxygen atoms in total. The van der Waals surface area contributed by atoms with E-state index in [1.807, 2.05) is 25.1 Å². The van der Waals surface area contributed by atoms with E-state index in [2.05, 4.69) is 15.3 Å². The molecule has 2 aliphatic rings. The molecule has 2 saturated heterocycles. The van der Waals surface area contributed by atoms with E-state index in [0.29, 0.717) is 5.02 Å². The number of thiophene rings is 1. The SMILES string of the molecule is Cc1cc(Cl)cc(-c2ncnc3cc(CN4C(=O)CCC4=O)sc23)c1OC1CCCNC1. The topological polar surface area (TPSA) is 84.4 Å². The van der Waals surface area contributed by atoms with Crippen LogP contribution >= 0.6 is 22.9 Å². The molecule has 1 aromatic carbocycles. The largest absolute Gasteiger partial charge is 0.488 e. The maximum Gasteiger partial charge on any atom is 0.230 e. The van der Waals surface area contributed by atoms with Gasteiger partial charge >= 0.3 is 0 Å². The normalized spacial score (nSPS) is 19.2. The molecule has 2 fully saturated rings. The van der Waals surface area contributed by atoms with E-state index in [4.69, 9.17) is 16.3 Å². The summed E-state index contributed by atoms with van der Waals surface area (Å²) in [6.07, 6.45) is 4.26. The predicted molar refractivity (Wildman–Crippen MR) is 124 cm³/mol. The minimum atomic E-state index is -0.124. The zero-order valence-electron chi connectivity index (χ0n) is 17.7. The zero-order chi connectivity index (χ0) is 22.2. The highest BCUT2D eigenvalue weighted by atomic mass is 35.5. The van der Waals surface area contributed by atoms with Gasteiger partial charge in [-0.1, -0.05) is 11.6 Å². The Hall–Kier alpha value is -2.55. The number of piperidine rings is 1. The van der Waals surface area contributed by atoms with Gasteiger partial charge in [0.1, 0.15) is 18.2 Å². The van der Waals surface area contributed by atoms with E-state index in [1.54, 1.807) is 0 Å². The van der Waals surface area contributed by atoms with Crippen molar-refractivity contribution in [2.24, 2.45) is 0 Å². The standard InChI is InChI=1S/C23H23ClN4O3S/c1-13-7-14(24)8-17(22(13)31-15-3-2-6-25-10-15)21-23-18(26-12-27-21)9-16(32-23)11-28-19(29)4-5-20(28)30/h7-9,12,15,25H,2-6,10-11H2,1H3. The fourth-order valence-corrected chi connectivity index (χ4v) is 5.65. The summed E-state index contributed by atoms with van der Waals surface area (Å²) in [5, 5.41) is 4.00. The van der Waals surface area contributed by atoms with E-state index in [0.717, 1.165) is 63.6 Å². The number of rotatable bonds is 5. The highest BCUT2D eigenvalue weighted by molar-refractivity contribution is 7.19. The molecule has 0 saturated carbocycles. The Labute approximate surface area is 194 Å². The summed E-state index contributed by atoms with van der Waals surface area (Å²) in [6, 6.07) is 5.71.